The first-order valence-electron chi connectivity index (χ1n) is 9.37. The first-order chi connectivity index (χ1) is 14.6. The number of nitrogens with zero attached hydrogens (tertiary/aromatic N) is 1. The fraction of sp³-hybridized carbons (Fsp3) is 0.350. The van der Waals surface area contributed by atoms with Crippen LogP contribution in [0.25, 0.3) is 0 Å². The first kappa shape index (κ1) is 23.3. The number of esters is 1. The fourth-order valence-electron chi connectivity index (χ4n) is 3.69. The van der Waals surface area contributed by atoms with Crippen molar-refractivity contribution in [2.45, 2.75) is 30.7 Å². The summed E-state index contributed by atoms with van der Waals surface area (Å²) in [4.78, 5) is 11.5. The smallest absolute Gasteiger partial charge is 0.337 e. The number of halogens is 2. The summed E-state index contributed by atoms with van der Waals surface area (Å²) in [5.41, 5.74) is 0.263. The van der Waals surface area contributed by atoms with E-state index < -0.39 is 49.6 Å². The van der Waals surface area contributed by atoms with Crippen LogP contribution in [0.2, 0.25) is 0 Å². The van der Waals surface area contributed by atoms with Gasteiger partial charge in [0.2, 0.25) is 10.9 Å². The summed E-state index contributed by atoms with van der Waals surface area (Å²) in [6, 6.07) is 8.05. The number of rotatable bonds is 6. The van der Waals surface area contributed by atoms with Gasteiger partial charge in [-0.15, -0.1) is 0 Å². The fourth-order valence-corrected chi connectivity index (χ4v) is 6.40. The maximum absolute atomic E-state index is 14.5. The summed E-state index contributed by atoms with van der Waals surface area (Å²) < 4.78 is 82.7. The largest absolute Gasteiger partial charge is 0.465 e. The molecule has 0 aromatic heterocycles. The van der Waals surface area contributed by atoms with Gasteiger partial charge in [-0.2, -0.15) is 4.31 Å². The average molecular weight is 474 g/mol. The molecule has 3 rings (SSSR count). The SMILES string of the molecule is COC(=O)c1ccc(CN(C2CCS(=O)(=O)C(c3cccc(F)c3)C2)[SH](=O)=O)c(F)c1. The van der Waals surface area contributed by atoms with Gasteiger partial charge in [-0.3, -0.25) is 0 Å². The number of carbonyl (C=O) groups excluding carboxylic acids is 1. The molecule has 1 aliphatic rings. The molecule has 0 spiro atoms. The molecule has 0 bridgehead atoms. The molecular weight excluding hydrogens is 452 g/mol. The predicted octanol–water partition coefficient (Wildman–Crippen LogP) is 2.40. The molecule has 1 fully saturated rings. The van der Waals surface area contributed by atoms with Crippen molar-refractivity contribution < 1.29 is 35.1 Å². The highest BCUT2D eigenvalue weighted by Gasteiger charge is 2.38. The molecule has 2 unspecified atom stereocenters. The summed E-state index contributed by atoms with van der Waals surface area (Å²) in [5, 5.41) is -1.06. The predicted molar refractivity (Wildman–Crippen MR) is 110 cm³/mol. The Morgan fingerprint density at radius 1 is 1.19 bits per heavy atom. The lowest BCUT2D eigenvalue weighted by Gasteiger charge is -2.34. The highest BCUT2D eigenvalue weighted by molar-refractivity contribution is 7.91. The van der Waals surface area contributed by atoms with Crippen LogP contribution < -0.4 is 0 Å². The molecule has 0 N–H and O–H groups in total. The van der Waals surface area contributed by atoms with Gasteiger partial charge in [-0.25, -0.2) is 30.4 Å². The quantitative estimate of drug-likeness (QED) is 0.511. The summed E-state index contributed by atoms with van der Waals surface area (Å²) in [6.45, 7) is -0.327. The highest BCUT2D eigenvalue weighted by Crippen LogP contribution is 2.36. The summed E-state index contributed by atoms with van der Waals surface area (Å²) in [5.74, 6) is -2.38. The number of ether oxygens (including phenoxy) is 1. The van der Waals surface area contributed by atoms with E-state index in [1.54, 1.807) is 0 Å². The number of carbonyl (C=O) groups is 1. The van der Waals surface area contributed by atoms with Gasteiger partial charge in [0.1, 0.15) is 11.6 Å². The van der Waals surface area contributed by atoms with Crippen molar-refractivity contribution in [3.05, 3.63) is 70.8 Å². The lowest BCUT2D eigenvalue weighted by molar-refractivity contribution is 0.0600. The van der Waals surface area contributed by atoms with E-state index >= 15 is 0 Å². The maximum Gasteiger partial charge on any atom is 0.337 e. The van der Waals surface area contributed by atoms with Crippen molar-refractivity contribution >= 4 is 26.7 Å². The third-order valence-electron chi connectivity index (χ3n) is 5.31. The normalized spacial score (nSPS) is 20.7. The Balaban J connectivity index is 1.87. The number of benzene rings is 2. The standard InChI is InChI=1S/C20H21F2NO6S2/c1-29-20(24)14-5-6-15(18(22)10-14)12-23(30(25)26)17-7-8-31(27,28)19(11-17)13-3-2-4-16(21)9-13/h2-6,9-10,17,19,30H,7-8,11-12H2,1H3. The lowest BCUT2D eigenvalue weighted by atomic mass is 10.0. The van der Waals surface area contributed by atoms with Crippen molar-refractivity contribution in [1.82, 2.24) is 4.31 Å². The van der Waals surface area contributed by atoms with Crippen LogP contribution in [-0.2, 0) is 32.0 Å². The third-order valence-corrected chi connectivity index (χ3v) is 8.34. The van der Waals surface area contributed by atoms with Crippen LogP contribution in [0.15, 0.2) is 42.5 Å². The van der Waals surface area contributed by atoms with Crippen molar-refractivity contribution in [2.24, 2.45) is 0 Å². The zero-order valence-electron chi connectivity index (χ0n) is 16.5. The molecule has 11 heteroatoms. The highest BCUT2D eigenvalue weighted by atomic mass is 32.2. The minimum atomic E-state index is -3.60. The van der Waals surface area contributed by atoms with Crippen molar-refractivity contribution in [3.63, 3.8) is 0 Å². The molecule has 0 radical (unpaired) electrons. The minimum Gasteiger partial charge on any atom is -0.465 e. The zero-order chi connectivity index (χ0) is 22.8. The van der Waals surface area contributed by atoms with Gasteiger partial charge in [0.15, 0.2) is 9.84 Å². The molecule has 0 amide bonds. The van der Waals surface area contributed by atoms with Gasteiger partial charge in [0.25, 0.3) is 0 Å². The Morgan fingerprint density at radius 3 is 2.55 bits per heavy atom. The second-order valence-electron chi connectivity index (χ2n) is 7.22. The third kappa shape index (κ3) is 5.28. The maximum atomic E-state index is 14.5. The van der Waals surface area contributed by atoms with Gasteiger partial charge in [-0.05, 0) is 42.7 Å². The van der Waals surface area contributed by atoms with E-state index in [-0.39, 0.29) is 41.8 Å². The van der Waals surface area contributed by atoms with Crippen LogP contribution in [0.5, 0.6) is 0 Å². The van der Waals surface area contributed by atoms with E-state index in [4.69, 9.17) is 0 Å². The van der Waals surface area contributed by atoms with Crippen LogP contribution in [0, 0.1) is 11.6 Å². The van der Waals surface area contributed by atoms with Crippen LogP contribution in [0.4, 0.5) is 8.78 Å². The molecule has 31 heavy (non-hydrogen) atoms. The van der Waals surface area contributed by atoms with Crippen molar-refractivity contribution in [3.8, 4) is 0 Å². The molecule has 0 aliphatic carbocycles. The first-order valence-corrected chi connectivity index (χ1v) is 12.2. The monoisotopic (exact) mass is 473 g/mol. The van der Waals surface area contributed by atoms with E-state index in [1.807, 2.05) is 0 Å². The zero-order valence-corrected chi connectivity index (χ0v) is 18.2. The minimum absolute atomic E-state index is 0.0169. The van der Waals surface area contributed by atoms with Gasteiger partial charge in [0.05, 0.1) is 23.7 Å². The van der Waals surface area contributed by atoms with Crippen LogP contribution in [-0.4, -0.2) is 46.0 Å². The molecule has 1 saturated heterocycles. The van der Waals surface area contributed by atoms with Crippen LogP contribution >= 0.6 is 0 Å². The van der Waals surface area contributed by atoms with Gasteiger partial charge < -0.3 is 4.74 Å². The van der Waals surface area contributed by atoms with Gasteiger partial charge in [0, 0.05) is 18.2 Å². The topological polar surface area (TPSA) is 97.8 Å². The second-order valence-corrected chi connectivity index (χ2v) is 10.5. The van der Waals surface area contributed by atoms with Crippen LogP contribution in [0.1, 0.15) is 39.6 Å². The number of hydrogen-bond acceptors (Lipinski definition) is 6. The van der Waals surface area contributed by atoms with Crippen molar-refractivity contribution in [2.75, 3.05) is 12.9 Å². The van der Waals surface area contributed by atoms with Crippen molar-refractivity contribution in [1.29, 1.82) is 0 Å². The van der Waals surface area contributed by atoms with Gasteiger partial charge in [-0.1, -0.05) is 18.2 Å². The Bertz CT molecular complexity index is 1160. The number of hydrogen-bond donors (Lipinski definition) is 1. The molecule has 7 nitrogen and oxygen atoms in total. The van der Waals surface area contributed by atoms with Crippen LogP contribution in [0.3, 0.4) is 0 Å². The molecule has 168 valence electrons. The molecule has 1 heterocycles. The molecular formula is C20H21F2NO6S2. The molecule has 2 aromatic rings. The van der Waals surface area contributed by atoms with E-state index in [2.05, 4.69) is 4.74 Å². The Morgan fingerprint density at radius 2 is 1.94 bits per heavy atom. The Hall–Kier alpha value is -2.37. The van der Waals surface area contributed by atoms with E-state index in [9.17, 15) is 30.4 Å². The lowest BCUT2D eigenvalue weighted by Crippen LogP contribution is -2.41. The number of methoxy groups -OCH3 is 1. The molecule has 2 atom stereocenters. The Labute approximate surface area is 180 Å². The Kier molecular flexibility index (Phi) is 7.07. The summed E-state index contributed by atoms with van der Waals surface area (Å²) >= 11 is 0. The average Bonchev–Trinajstić information content (AvgIpc) is 2.72. The molecule has 1 aliphatic heterocycles. The summed E-state index contributed by atoms with van der Waals surface area (Å²) in [7, 11) is -5.61. The second kappa shape index (κ2) is 9.41. The van der Waals surface area contributed by atoms with E-state index in [0.29, 0.717) is 0 Å². The number of thiol groups is 1. The summed E-state index contributed by atoms with van der Waals surface area (Å²) in [6.07, 6.45) is -0.0315. The molecule has 2 aromatic carbocycles. The molecule has 0 saturated carbocycles. The van der Waals surface area contributed by atoms with E-state index in [1.165, 1.54) is 30.3 Å². The van der Waals surface area contributed by atoms with E-state index in [0.717, 1.165) is 23.5 Å². The number of sulfone groups is 1. The van der Waals surface area contributed by atoms with Gasteiger partial charge >= 0.3 is 5.97 Å².